The third-order valence-electron chi connectivity index (χ3n) is 2.85. The van der Waals surface area contributed by atoms with Gasteiger partial charge in [-0.05, 0) is 31.5 Å². The highest BCUT2D eigenvalue weighted by Crippen LogP contribution is 2.21. The Morgan fingerprint density at radius 1 is 1.50 bits per heavy atom. The minimum atomic E-state index is 0.00977. The molecule has 0 spiro atoms. The Hall–Kier alpha value is -0.580. The van der Waals surface area contributed by atoms with Crippen LogP contribution in [0.2, 0.25) is 5.02 Å². The minimum Gasteiger partial charge on any atom is -0.377 e. The summed E-state index contributed by atoms with van der Waals surface area (Å²) in [7, 11) is 0. The Morgan fingerprint density at radius 2 is 2.28 bits per heavy atom. The highest BCUT2D eigenvalue weighted by atomic mass is 79.9. The summed E-state index contributed by atoms with van der Waals surface area (Å²) in [6.07, 6.45) is 0.955. The molecule has 1 aliphatic heterocycles. The molecule has 0 bridgehead atoms. The van der Waals surface area contributed by atoms with Gasteiger partial charge in [-0.15, -0.1) is 0 Å². The zero-order valence-corrected chi connectivity index (χ0v) is 12.5. The number of carbonyl (C=O) groups excluding carboxylic acids is 1. The van der Waals surface area contributed by atoms with Crippen LogP contribution in [0.25, 0.3) is 0 Å². The average molecular weight is 333 g/mol. The topological polar surface area (TPSA) is 29.5 Å². The molecule has 0 N–H and O–H groups in total. The summed E-state index contributed by atoms with van der Waals surface area (Å²) < 4.78 is 6.35. The molecule has 1 unspecified atom stereocenters. The molecule has 3 nitrogen and oxygen atoms in total. The molecular weight excluding hydrogens is 318 g/mol. The van der Waals surface area contributed by atoms with Gasteiger partial charge >= 0.3 is 0 Å². The molecule has 5 heteroatoms. The van der Waals surface area contributed by atoms with Crippen molar-refractivity contribution in [2.45, 2.75) is 19.4 Å². The SMILES string of the molecule is CC1CN(C(=O)c2cc(Cl)cc(Br)c2)CCCO1. The van der Waals surface area contributed by atoms with Gasteiger partial charge in [0.05, 0.1) is 6.10 Å². The molecule has 1 aromatic rings. The number of ether oxygens (including phenoxy) is 1. The molecule has 1 aromatic carbocycles. The number of hydrogen-bond donors (Lipinski definition) is 0. The standard InChI is InChI=1S/C13H15BrClNO2/c1-9-8-16(3-2-4-18-9)13(17)10-5-11(14)7-12(15)6-10/h5-7,9H,2-4,8H2,1H3. The monoisotopic (exact) mass is 331 g/mol. The van der Waals surface area contributed by atoms with E-state index in [1.807, 2.05) is 11.8 Å². The Labute approximate surface area is 120 Å². The Bertz CT molecular complexity index is 432. The first-order valence-corrected chi connectivity index (χ1v) is 7.10. The maximum atomic E-state index is 12.4. The lowest BCUT2D eigenvalue weighted by atomic mass is 10.2. The van der Waals surface area contributed by atoms with Gasteiger partial charge in [-0.25, -0.2) is 0 Å². The van der Waals surface area contributed by atoms with Crippen molar-refractivity contribution in [1.82, 2.24) is 4.90 Å². The van der Waals surface area contributed by atoms with E-state index in [1.165, 1.54) is 0 Å². The highest BCUT2D eigenvalue weighted by molar-refractivity contribution is 9.10. The van der Waals surface area contributed by atoms with Crippen molar-refractivity contribution in [3.63, 3.8) is 0 Å². The normalized spacial score (nSPS) is 20.6. The molecule has 0 radical (unpaired) electrons. The molecule has 1 heterocycles. The summed E-state index contributed by atoms with van der Waals surface area (Å²) >= 11 is 9.32. The summed E-state index contributed by atoms with van der Waals surface area (Å²) in [5, 5.41) is 0.562. The molecule has 1 saturated heterocycles. The van der Waals surface area contributed by atoms with Crippen LogP contribution in [0.1, 0.15) is 23.7 Å². The molecular formula is C13H15BrClNO2. The number of carbonyl (C=O) groups is 1. The molecule has 2 rings (SSSR count). The second kappa shape index (κ2) is 6.04. The quantitative estimate of drug-likeness (QED) is 0.789. The van der Waals surface area contributed by atoms with Crippen molar-refractivity contribution >= 4 is 33.4 Å². The van der Waals surface area contributed by atoms with Crippen molar-refractivity contribution < 1.29 is 9.53 Å². The van der Waals surface area contributed by atoms with Crippen LogP contribution in [0, 0.1) is 0 Å². The van der Waals surface area contributed by atoms with Crippen LogP contribution < -0.4 is 0 Å². The predicted molar refractivity (Wildman–Crippen MR) is 75.1 cm³/mol. The highest BCUT2D eigenvalue weighted by Gasteiger charge is 2.21. The van der Waals surface area contributed by atoms with Gasteiger partial charge in [0.25, 0.3) is 5.91 Å². The largest absolute Gasteiger partial charge is 0.377 e. The van der Waals surface area contributed by atoms with E-state index in [9.17, 15) is 4.79 Å². The maximum Gasteiger partial charge on any atom is 0.254 e. The summed E-state index contributed by atoms with van der Waals surface area (Å²) in [6.45, 7) is 4.06. The van der Waals surface area contributed by atoms with Gasteiger partial charge in [-0.3, -0.25) is 4.79 Å². The molecule has 1 atom stereocenters. The smallest absolute Gasteiger partial charge is 0.254 e. The van der Waals surface area contributed by atoms with E-state index in [4.69, 9.17) is 16.3 Å². The fourth-order valence-corrected chi connectivity index (χ4v) is 2.90. The number of nitrogens with zero attached hydrogens (tertiary/aromatic N) is 1. The zero-order chi connectivity index (χ0) is 13.1. The third-order valence-corrected chi connectivity index (χ3v) is 3.53. The average Bonchev–Trinajstić information content (AvgIpc) is 2.51. The molecule has 1 aliphatic rings. The summed E-state index contributed by atoms with van der Waals surface area (Å²) in [5.41, 5.74) is 0.614. The van der Waals surface area contributed by atoms with Crippen molar-refractivity contribution in [3.8, 4) is 0 Å². The van der Waals surface area contributed by atoms with E-state index in [-0.39, 0.29) is 12.0 Å². The van der Waals surface area contributed by atoms with Gasteiger partial charge in [0.2, 0.25) is 0 Å². The van der Waals surface area contributed by atoms with Crippen LogP contribution in [-0.2, 0) is 4.74 Å². The van der Waals surface area contributed by atoms with Crippen molar-refractivity contribution in [1.29, 1.82) is 0 Å². The molecule has 0 saturated carbocycles. The lowest BCUT2D eigenvalue weighted by molar-refractivity contribution is 0.0562. The summed E-state index contributed by atoms with van der Waals surface area (Å²) in [4.78, 5) is 14.2. The second-order valence-corrected chi connectivity index (χ2v) is 5.80. The fourth-order valence-electron chi connectivity index (χ4n) is 2.04. The van der Waals surface area contributed by atoms with E-state index in [1.54, 1.807) is 18.2 Å². The van der Waals surface area contributed by atoms with Crippen LogP contribution in [0.3, 0.4) is 0 Å². The van der Waals surface area contributed by atoms with Crippen LogP contribution in [0.4, 0.5) is 0 Å². The summed E-state index contributed by atoms with van der Waals surface area (Å²) in [5.74, 6) is 0.00977. The van der Waals surface area contributed by atoms with E-state index in [2.05, 4.69) is 15.9 Å². The van der Waals surface area contributed by atoms with E-state index < -0.39 is 0 Å². The first-order chi connectivity index (χ1) is 8.56. The lowest BCUT2D eigenvalue weighted by Crippen LogP contribution is -2.35. The Kier molecular flexibility index (Phi) is 4.65. The minimum absolute atomic E-state index is 0.00977. The first-order valence-electron chi connectivity index (χ1n) is 5.93. The number of halogens is 2. The van der Waals surface area contributed by atoms with Gasteiger partial charge in [-0.2, -0.15) is 0 Å². The Morgan fingerprint density at radius 3 is 3.00 bits per heavy atom. The molecule has 1 amide bonds. The number of rotatable bonds is 1. The molecule has 1 fully saturated rings. The van der Waals surface area contributed by atoms with Crippen LogP contribution >= 0.6 is 27.5 Å². The van der Waals surface area contributed by atoms with Crippen molar-refractivity contribution in [2.75, 3.05) is 19.7 Å². The Balaban J connectivity index is 2.18. The molecule has 98 valence electrons. The van der Waals surface area contributed by atoms with Crippen molar-refractivity contribution in [2.24, 2.45) is 0 Å². The number of amides is 1. The third kappa shape index (κ3) is 3.46. The molecule has 0 aromatic heterocycles. The second-order valence-electron chi connectivity index (χ2n) is 4.44. The van der Waals surface area contributed by atoms with Gasteiger partial charge < -0.3 is 9.64 Å². The van der Waals surface area contributed by atoms with Gasteiger partial charge in [-0.1, -0.05) is 27.5 Å². The van der Waals surface area contributed by atoms with Crippen molar-refractivity contribution in [3.05, 3.63) is 33.3 Å². The molecule has 18 heavy (non-hydrogen) atoms. The van der Waals surface area contributed by atoms with Crippen LogP contribution in [-0.4, -0.2) is 36.6 Å². The summed E-state index contributed by atoms with van der Waals surface area (Å²) in [6, 6.07) is 5.27. The number of benzene rings is 1. The van der Waals surface area contributed by atoms with Gasteiger partial charge in [0.1, 0.15) is 0 Å². The van der Waals surface area contributed by atoms with E-state index in [0.717, 1.165) is 17.4 Å². The first kappa shape index (κ1) is 13.8. The zero-order valence-electron chi connectivity index (χ0n) is 10.2. The molecule has 0 aliphatic carbocycles. The lowest BCUT2D eigenvalue weighted by Gasteiger charge is -2.22. The maximum absolute atomic E-state index is 12.4. The van der Waals surface area contributed by atoms with Gasteiger partial charge in [0.15, 0.2) is 0 Å². The predicted octanol–water partition coefficient (Wildman–Crippen LogP) is 3.35. The van der Waals surface area contributed by atoms with Gasteiger partial charge in [0, 0.05) is 34.8 Å². The number of hydrogen-bond acceptors (Lipinski definition) is 2. The van der Waals surface area contributed by atoms with E-state index >= 15 is 0 Å². The van der Waals surface area contributed by atoms with Crippen LogP contribution in [0.15, 0.2) is 22.7 Å². The fraction of sp³-hybridized carbons (Fsp3) is 0.462. The van der Waals surface area contributed by atoms with Crippen LogP contribution in [0.5, 0.6) is 0 Å². The van der Waals surface area contributed by atoms with E-state index in [0.29, 0.717) is 23.7 Å².